The SMILES string of the molecule is O=C1C(Br)=CC23CC(NC4=C2C2=C5C(=NCC5CCN2)C4=O)SC3=C1Br. The molecule has 0 radical (unpaired) electrons. The first-order chi connectivity index (χ1) is 12.5. The molecule has 8 heteroatoms. The molecule has 2 bridgehead atoms. The van der Waals surface area contributed by atoms with Gasteiger partial charge in [0.1, 0.15) is 5.71 Å². The topological polar surface area (TPSA) is 70.6 Å². The molecule has 6 aliphatic rings. The summed E-state index contributed by atoms with van der Waals surface area (Å²) in [5.74, 6) is 0.301. The van der Waals surface area contributed by atoms with Crippen molar-refractivity contribution in [3.05, 3.63) is 42.5 Å². The van der Waals surface area contributed by atoms with Gasteiger partial charge in [-0.1, -0.05) is 6.08 Å². The number of Topliss-reactive ketones (excluding diaryl/α,β-unsaturated/α-hetero) is 2. The van der Waals surface area contributed by atoms with E-state index in [9.17, 15) is 9.59 Å². The molecule has 6 rings (SSSR count). The zero-order chi connectivity index (χ0) is 17.8. The summed E-state index contributed by atoms with van der Waals surface area (Å²) in [6.45, 7) is 1.59. The highest BCUT2D eigenvalue weighted by Gasteiger charge is 2.58. The van der Waals surface area contributed by atoms with Gasteiger partial charge in [-0.15, -0.1) is 11.8 Å². The van der Waals surface area contributed by atoms with Crippen molar-refractivity contribution < 1.29 is 9.59 Å². The van der Waals surface area contributed by atoms with Gasteiger partial charge in [0.05, 0.1) is 25.5 Å². The van der Waals surface area contributed by atoms with Crippen LogP contribution in [-0.4, -0.2) is 35.7 Å². The van der Waals surface area contributed by atoms with Crippen molar-refractivity contribution in [1.82, 2.24) is 10.6 Å². The summed E-state index contributed by atoms with van der Waals surface area (Å²) in [4.78, 5) is 31.3. The van der Waals surface area contributed by atoms with Crippen LogP contribution < -0.4 is 10.6 Å². The summed E-state index contributed by atoms with van der Waals surface area (Å²) in [5.41, 5.74) is 3.99. The Balaban J connectivity index is 1.68. The highest BCUT2D eigenvalue weighted by molar-refractivity contribution is 9.13. The third kappa shape index (κ3) is 1.72. The Labute approximate surface area is 170 Å². The molecule has 1 saturated heterocycles. The van der Waals surface area contributed by atoms with Crippen molar-refractivity contribution in [2.75, 3.05) is 13.1 Å². The van der Waals surface area contributed by atoms with Crippen LogP contribution in [-0.2, 0) is 9.59 Å². The van der Waals surface area contributed by atoms with Gasteiger partial charge in [-0.05, 0) is 44.7 Å². The smallest absolute Gasteiger partial charge is 0.227 e. The number of fused-ring (bicyclic) bond motifs is 2. The fourth-order valence-electron chi connectivity index (χ4n) is 5.02. The molecule has 2 aliphatic carbocycles. The molecule has 0 aromatic heterocycles. The fraction of sp³-hybridized carbons (Fsp3) is 0.389. The zero-order valence-corrected chi connectivity index (χ0v) is 17.5. The molecular weight excluding hydrogens is 482 g/mol. The Morgan fingerprint density at radius 1 is 1.23 bits per heavy atom. The van der Waals surface area contributed by atoms with Crippen LogP contribution in [0.3, 0.4) is 0 Å². The van der Waals surface area contributed by atoms with Crippen LogP contribution in [0.2, 0.25) is 0 Å². The molecule has 3 atom stereocenters. The van der Waals surface area contributed by atoms with Crippen LogP contribution in [0, 0.1) is 11.3 Å². The molecule has 4 aliphatic heterocycles. The lowest BCUT2D eigenvalue weighted by Gasteiger charge is -2.42. The molecular formula is C18H13Br2N3O2S. The lowest BCUT2D eigenvalue weighted by Crippen LogP contribution is -2.48. The molecule has 3 unspecified atom stereocenters. The second-order valence-electron chi connectivity index (χ2n) is 7.36. The average Bonchev–Trinajstić information content (AvgIpc) is 3.18. The van der Waals surface area contributed by atoms with Crippen molar-refractivity contribution in [2.24, 2.45) is 16.3 Å². The average molecular weight is 495 g/mol. The lowest BCUT2D eigenvalue weighted by molar-refractivity contribution is -0.111. The Bertz CT molecular complexity index is 1010. The second-order valence-corrected chi connectivity index (χ2v) is 10.2. The van der Waals surface area contributed by atoms with Crippen molar-refractivity contribution in [2.45, 2.75) is 18.2 Å². The van der Waals surface area contributed by atoms with E-state index in [0.717, 1.165) is 41.1 Å². The number of carbonyl (C=O) groups is 2. The molecule has 0 aromatic rings. The van der Waals surface area contributed by atoms with Gasteiger partial charge in [-0.2, -0.15) is 0 Å². The first-order valence-electron chi connectivity index (χ1n) is 8.60. The quantitative estimate of drug-likeness (QED) is 0.506. The molecule has 1 fully saturated rings. The molecule has 0 amide bonds. The van der Waals surface area contributed by atoms with Crippen LogP contribution >= 0.6 is 43.6 Å². The number of ketones is 2. The minimum absolute atomic E-state index is 0.00780. The number of halogens is 2. The lowest BCUT2D eigenvalue weighted by atomic mass is 9.66. The minimum atomic E-state index is -0.442. The predicted octanol–water partition coefficient (Wildman–Crippen LogP) is 2.66. The summed E-state index contributed by atoms with van der Waals surface area (Å²) in [6, 6.07) is 0. The van der Waals surface area contributed by atoms with Crippen molar-refractivity contribution in [3.63, 3.8) is 0 Å². The highest BCUT2D eigenvalue weighted by Crippen LogP contribution is 2.65. The molecule has 26 heavy (non-hydrogen) atoms. The molecule has 132 valence electrons. The maximum atomic E-state index is 13.2. The Morgan fingerprint density at radius 3 is 2.92 bits per heavy atom. The predicted molar refractivity (Wildman–Crippen MR) is 107 cm³/mol. The van der Waals surface area contributed by atoms with Gasteiger partial charge in [0, 0.05) is 40.8 Å². The van der Waals surface area contributed by atoms with Gasteiger partial charge in [-0.3, -0.25) is 14.6 Å². The molecule has 0 saturated carbocycles. The van der Waals surface area contributed by atoms with Crippen molar-refractivity contribution >= 4 is 60.9 Å². The molecule has 5 nitrogen and oxygen atoms in total. The number of rotatable bonds is 0. The van der Waals surface area contributed by atoms with E-state index in [1.807, 2.05) is 6.08 Å². The van der Waals surface area contributed by atoms with Crippen LogP contribution in [0.25, 0.3) is 0 Å². The van der Waals surface area contributed by atoms with Gasteiger partial charge in [0.15, 0.2) is 0 Å². The normalized spacial score (nSPS) is 37.0. The van der Waals surface area contributed by atoms with Crippen LogP contribution in [0.1, 0.15) is 12.8 Å². The number of hydrogen-bond acceptors (Lipinski definition) is 6. The first-order valence-corrected chi connectivity index (χ1v) is 11.1. The monoisotopic (exact) mass is 493 g/mol. The zero-order valence-electron chi connectivity index (χ0n) is 13.5. The number of hydrogen-bond donors (Lipinski definition) is 2. The summed E-state index contributed by atoms with van der Waals surface area (Å²) in [7, 11) is 0. The third-order valence-corrected chi connectivity index (χ3v) is 9.03. The number of nitrogens with zero attached hydrogens (tertiary/aromatic N) is 1. The van der Waals surface area contributed by atoms with Crippen LogP contribution in [0.5, 0.6) is 0 Å². The van der Waals surface area contributed by atoms with E-state index in [1.54, 1.807) is 11.8 Å². The molecule has 2 N–H and O–H groups in total. The third-order valence-electron chi connectivity index (χ3n) is 6.05. The number of thioether (sulfide) groups is 1. The fourth-order valence-corrected chi connectivity index (χ4v) is 8.18. The maximum Gasteiger partial charge on any atom is 0.227 e. The van der Waals surface area contributed by atoms with Gasteiger partial charge in [-0.25, -0.2) is 0 Å². The van der Waals surface area contributed by atoms with E-state index in [-0.39, 0.29) is 16.9 Å². The number of aliphatic imine (C=N–C) groups is 1. The van der Waals surface area contributed by atoms with Crippen molar-refractivity contribution in [1.29, 1.82) is 0 Å². The van der Waals surface area contributed by atoms with Gasteiger partial charge < -0.3 is 10.6 Å². The largest absolute Gasteiger partial charge is 0.384 e. The maximum absolute atomic E-state index is 13.2. The van der Waals surface area contributed by atoms with E-state index >= 15 is 0 Å². The van der Waals surface area contributed by atoms with E-state index in [1.165, 1.54) is 0 Å². The van der Waals surface area contributed by atoms with E-state index < -0.39 is 5.41 Å². The first kappa shape index (κ1) is 15.9. The summed E-state index contributed by atoms with van der Waals surface area (Å²) in [6.07, 6.45) is 3.85. The van der Waals surface area contributed by atoms with Crippen LogP contribution in [0.4, 0.5) is 0 Å². The highest BCUT2D eigenvalue weighted by atomic mass is 79.9. The van der Waals surface area contributed by atoms with Gasteiger partial charge >= 0.3 is 0 Å². The van der Waals surface area contributed by atoms with Gasteiger partial charge in [0.2, 0.25) is 11.6 Å². The van der Waals surface area contributed by atoms with Gasteiger partial charge in [0.25, 0.3) is 0 Å². The van der Waals surface area contributed by atoms with E-state index in [0.29, 0.717) is 32.8 Å². The number of nitrogens with one attached hydrogen (secondary N) is 2. The summed E-state index contributed by atoms with van der Waals surface area (Å²) < 4.78 is 1.16. The Hall–Kier alpha value is -1.12. The standard InChI is InChI=1S/C18H13Br2N3O2S/c19-7-3-18-4-8(26-17(18)11(20)15(7)24)23-14-10(18)12-9-6(1-2-21-12)5-22-13(9)16(14)25/h3,6,8,21,23H,1-2,4-5H2. The molecule has 4 heterocycles. The van der Waals surface area contributed by atoms with E-state index in [4.69, 9.17) is 0 Å². The van der Waals surface area contributed by atoms with Crippen molar-refractivity contribution in [3.8, 4) is 0 Å². The number of allylic oxidation sites excluding steroid dienone is 6. The molecule has 0 aromatic carbocycles. The summed E-state index contributed by atoms with van der Waals surface area (Å²) in [5, 5.41) is 7.08. The van der Waals surface area contributed by atoms with Crippen LogP contribution in [0.15, 0.2) is 47.5 Å². The summed E-state index contributed by atoms with van der Waals surface area (Å²) >= 11 is 8.64. The molecule has 1 spiro atoms. The minimum Gasteiger partial charge on any atom is -0.384 e. The second kappa shape index (κ2) is 5.02. The van der Waals surface area contributed by atoms with E-state index in [2.05, 4.69) is 47.5 Å². The Kier molecular flexibility index (Phi) is 3.07. The number of carbonyl (C=O) groups excluding carboxylic acids is 2. The Morgan fingerprint density at radius 2 is 2.08 bits per heavy atom.